The van der Waals surface area contributed by atoms with Crippen molar-refractivity contribution in [2.24, 2.45) is 0 Å². The average molecular weight is 188 g/mol. The van der Waals surface area contributed by atoms with Crippen LogP contribution in [0.3, 0.4) is 0 Å². The molecule has 3 heteroatoms. The van der Waals surface area contributed by atoms with Gasteiger partial charge in [0.1, 0.15) is 0 Å². The van der Waals surface area contributed by atoms with Crippen molar-refractivity contribution >= 4 is 5.78 Å². The maximum Gasteiger partial charge on any atom is 0.194 e. The summed E-state index contributed by atoms with van der Waals surface area (Å²) >= 11 is 0. The quantitative estimate of drug-likeness (QED) is 0.672. The fraction of sp³-hybridized carbons (Fsp3) is 0.273. The van der Waals surface area contributed by atoms with E-state index in [1.807, 2.05) is 12.1 Å². The van der Waals surface area contributed by atoms with Crippen LogP contribution in [0.15, 0.2) is 30.3 Å². The van der Waals surface area contributed by atoms with Crippen molar-refractivity contribution < 1.29 is 4.79 Å². The SMILES string of the molecule is CN(C)[C@@H](C#N)C(=O)c1ccccc1. The fourth-order valence-corrected chi connectivity index (χ4v) is 1.17. The van der Waals surface area contributed by atoms with Crippen molar-refractivity contribution in [1.29, 1.82) is 5.26 Å². The molecule has 3 nitrogen and oxygen atoms in total. The highest BCUT2D eigenvalue weighted by Gasteiger charge is 2.20. The van der Waals surface area contributed by atoms with Crippen molar-refractivity contribution in [1.82, 2.24) is 4.90 Å². The van der Waals surface area contributed by atoms with Crippen LogP contribution in [0.2, 0.25) is 0 Å². The van der Waals surface area contributed by atoms with Gasteiger partial charge in [0.2, 0.25) is 0 Å². The number of likely N-dealkylation sites (N-methyl/N-ethyl adjacent to an activating group) is 1. The van der Waals surface area contributed by atoms with Crippen LogP contribution in [0.1, 0.15) is 10.4 Å². The minimum Gasteiger partial charge on any atom is -0.291 e. The van der Waals surface area contributed by atoms with E-state index in [4.69, 9.17) is 5.26 Å². The van der Waals surface area contributed by atoms with E-state index in [2.05, 4.69) is 0 Å². The zero-order chi connectivity index (χ0) is 10.6. The van der Waals surface area contributed by atoms with E-state index >= 15 is 0 Å². The van der Waals surface area contributed by atoms with Crippen molar-refractivity contribution in [3.05, 3.63) is 35.9 Å². The van der Waals surface area contributed by atoms with Crippen molar-refractivity contribution in [3.63, 3.8) is 0 Å². The summed E-state index contributed by atoms with van der Waals surface area (Å²) in [5.41, 5.74) is 0.577. The van der Waals surface area contributed by atoms with Crippen LogP contribution in [0.5, 0.6) is 0 Å². The Balaban J connectivity index is 2.91. The summed E-state index contributed by atoms with van der Waals surface area (Å²) in [6.07, 6.45) is 0. The molecule has 0 saturated carbocycles. The van der Waals surface area contributed by atoms with Crippen LogP contribution in [0.25, 0.3) is 0 Å². The number of carbonyl (C=O) groups is 1. The second kappa shape index (κ2) is 4.54. The first-order valence-electron chi connectivity index (χ1n) is 4.32. The molecule has 0 saturated heterocycles. The third-order valence-electron chi connectivity index (χ3n) is 1.95. The van der Waals surface area contributed by atoms with Gasteiger partial charge >= 0.3 is 0 Å². The zero-order valence-corrected chi connectivity index (χ0v) is 8.27. The second-order valence-electron chi connectivity index (χ2n) is 3.23. The second-order valence-corrected chi connectivity index (χ2v) is 3.23. The van der Waals surface area contributed by atoms with E-state index < -0.39 is 6.04 Å². The van der Waals surface area contributed by atoms with Crippen LogP contribution < -0.4 is 0 Å². The Kier molecular flexibility index (Phi) is 3.38. The van der Waals surface area contributed by atoms with Gasteiger partial charge in [-0.15, -0.1) is 0 Å². The van der Waals surface area contributed by atoms with E-state index in [0.29, 0.717) is 5.56 Å². The average Bonchev–Trinajstić information content (AvgIpc) is 2.19. The normalized spacial score (nSPS) is 12.1. The third-order valence-corrected chi connectivity index (χ3v) is 1.95. The number of nitrogens with zero attached hydrogens (tertiary/aromatic N) is 2. The Hall–Kier alpha value is -1.66. The van der Waals surface area contributed by atoms with E-state index in [0.717, 1.165) is 0 Å². The lowest BCUT2D eigenvalue weighted by atomic mass is 10.0. The molecule has 0 unspecified atom stereocenters. The van der Waals surface area contributed by atoms with Crippen LogP contribution in [0, 0.1) is 11.3 Å². The van der Waals surface area contributed by atoms with Gasteiger partial charge in [0.25, 0.3) is 0 Å². The van der Waals surface area contributed by atoms with Crippen molar-refractivity contribution in [2.75, 3.05) is 14.1 Å². The maximum atomic E-state index is 11.8. The number of hydrogen-bond acceptors (Lipinski definition) is 3. The molecule has 1 atom stereocenters. The molecule has 0 aliphatic heterocycles. The Morgan fingerprint density at radius 2 is 1.93 bits per heavy atom. The number of nitriles is 1. The summed E-state index contributed by atoms with van der Waals surface area (Å²) in [4.78, 5) is 13.4. The van der Waals surface area contributed by atoms with Gasteiger partial charge < -0.3 is 0 Å². The van der Waals surface area contributed by atoms with E-state index in [9.17, 15) is 4.79 Å². The smallest absolute Gasteiger partial charge is 0.194 e. The van der Waals surface area contributed by atoms with Gasteiger partial charge in [0.15, 0.2) is 11.8 Å². The first kappa shape index (κ1) is 10.4. The molecule has 0 heterocycles. The molecule has 0 spiro atoms. The van der Waals surface area contributed by atoms with Crippen molar-refractivity contribution in [2.45, 2.75) is 6.04 Å². The molecule has 14 heavy (non-hydrogen) atoms. The lowest BCUT2D eigenvalue weighted by molar-refractivity contribution is 0.0917. The molecular weight excluding hydrogens is 176 g/mol. The Morgan fingerprint density at radius 1 is 1.36 bits per heavy atom. The van der Waals surface area contributed by atoms with Gasteiger partial charge in [-0.25, -0.2) is 0 Å². The van der Waals surface area contributed by atoms with Gasteiger partial charge in [-0.3, -0.25) is 9.69 Å². The number of Topliss-reactive ketones (excluding diaryl/α,β-unsaturated/α-hetero) is 1. The van der Waals surface area contributed by atoms with Gasteiger partial charge in [0.05, 0.1) is 6.07 Å². The predicted octanol–water partition coefficient (Wildman–Crippen LogP) is 1.32. The fourth-order valence-electron chi connectivity index (χ4n) is 1.17. The van der Waals surface area contributed by atoms with Gasteiger partial charge in [-0.1, -0.05) is 30.3 Å². The maximum absolute atomic E-state index is 11.8. The van der Waals surface area contributed by atoms with E-state index in [1.165, 1.54) is 0 Å². The zero-order valence-electron chi connectivity index (χ0n) is 8.27. The first-order chi connectivity index (χ1) is 6.66. The topological polar surface area (TPSA) is 44.1 Å². The molecule has 1 aromatic rings. The Morgan fingerprint density at radius 3 is 2.36 bits per heavy atom. The lowest BCUT2D eigenvalue weighted by Crippen LogP contribution is -2.34. The van der Waals surface area contributed by atoms with Crippen LogP contribution in [0.4, 0.5) is 0 Å². The molecule has 0 N–H and O–H groups in total. The molecule has 1 aromatic carbocycles. The predicted molar refractivity (Wildman–Crippen MR) is 53.9 cm³/mol. The molecule has 0 aliphatic rings. The summed E-state index contributed by atoms with van der Waals surface area (Å²) in [5, 5.41) is 8.82. The van der Waals surface area contributed by atoms with Crippen LogP contribution in [-0.4, -0.2) is 30.8 Å². The number of rotatable bonds is 3. The van der Waals surface area contributed by atoms with Gasteiger partial charge in [-0.05, 0) is 14.1 Å². The highest BCUT2D eigenvalue weighted by molar-refractivity contribution is 6.01. The summed E-state index contributed by atoms with van der Waals surface area (Å²) < 4.78 is 0. The Labute approximate surface area is 83.6 Å². The summed E-state index contributed by atoms with van der Waals surface area (Å²) in [6.45, 7) is 0. The molecule has 0 aliphatic carbocycles. The summed E-state index contributed by atoms with van der Waals surface area (Å²) in [5.74, 6) is -0.155. The number of ketones is 1. The number of hydrogen-bond donors (Lipinski definition) is 0. The molecule has 72 valence electrons. The minimum atomic E-state index is -0.697. The lowest BCUT2D eigenvalue weighted by Gasteiger charge is -2.15. The Bertz CT molecular complexity index is 351. The third kappa shape index (κ3) is 2.18. The molecule has 0 bridgehead atoms. The highest BCUT2D eigenvalue weighted by Crippen LogP contribution is 2.05. The number of benzene rings is 1. The molecule has 0 amide bonds. The largest absolute Gasteiger partial charge is 0.291 e. The minimum absolute atomic E-state index is 0.155. The van der Waals surface area contributed by atoms with Crippen LogP contribution >= 0.6 is 0 Å². The first-order valence-corrected chi connectivity index (χ1v) is 4.32. The molecular formula is C11H12N2O. The monoisotopic (exact) mass is 188 g/mol. The number of carbonyl (C=O) groups excluding carboxylic acids is 1. The van der Waals surface area contributed by atoms with Gasteiger partial charge in [0, 0.05) is 5.56 Å². The molecule has 0 radical (unpaired) electrons. The van der Waals surface area contributed by atoms with Crippen LogP contribution in [-0.2, 0) is 0 Å². The van der Waals surface area contributed by atoms with Crippen molar-refractivity contribution in [3.8, 4) is 6.07 Å². The summed E-state index contributed by atoms with van der Waals surface area (Å²) in [6, 6.07) is 10.1. The van der Waals surface area contributed by atoms with Gasteiger partial charge in [-0.2, -0.15) is 5.26 Å². The molecule has 0 fully saturated rings. The molecule has 1 rings (SSSR count). The molecule has 0 aromatic heterocycles. The highest BCUT2D eigenvalue weighted by atomic mass is 16.1. The van der Waals surface area contributed by atoms with E-state index in [1.54, 1.807) is 43.3 Å². The van der Waals surface area contributed by atoms with E-state index in [-0.39, 0.29) is 5.78 Å². The standard InChI is InChI=1S/C11H12N2O/c1-13(2)10(8-12)11(14)9-6-4-3-5-7-9/h3-7,10H,1-2H3/t10-/m0/s1. The summed E-state index contributed by atoms with van der Waals surface area (Å²) in [7, 11) is 3.43.